The molecule has 0 fully saturated rings. The molecule has 0 atom stereocenters. The first kappa shape index (κ1) is 20.2. The zero-order valence-corrected chi connectivity index (χ0v) is 15.2. The lowest BCUT2D eigenvalue weighted by Gasteiger charge is -2.07. The van der Waals surface area contributed by atoms with Crippen LogP contribution in [0.4, 0.5) is 4.79 Å². The van der Waals surface area contributed by atoms with E-state index in [0.29, 0.717) is 11.3 Å². The molecule has 0 aliphatic carbocycles. The number of hydrogen-bond acceptors (Lipinski definition) is 7. The van der Waals surface area contributed by atoms with E-state index in [0.717, 1.165) is 6.26 Å². The highest BCUT2D eigenvalue weighted by molar-refractivity contribution is 7.89. The number of hydrogen-bond donors (Lipinski definition) is 2. The van der Waals surface area contributed by atoms with Gasteiger partial charge < -0.3 is 14.5 Å². The van der Waals surface area contributed by atoms with Gasteiger partial charge in [-0.2, -0.15) is 0 Å². The van der Waals surface area contributed by atoms with Gasteiger partial charge in [0.1, 0.15) is 5.76 Å². The fourth-order valence-corrected chi connectivity index (χ4v) is 2.88. The second-order valence-corrected chi connectivity index (χ2v) is 7.80. The van der Waals surface area contributed by atoms with Gasteiger partial charge in [-0.25, -0.2) is 18.0 Å². The predicted molar refractivity (Wildman–Crippen MR) is 94.4 cm³/mol. The average molecular weight is 394 g/mol. The fraction of sp³-hybridized carbons (Fsp3) is 0.235. The van der Waals surface area contributed by atoms with Gasteiger partial charge in [-0.3, -0.25) is 10.1 Å². The minimum absolute atomic E-state index is 0.0963. The van der Waals surface area contributed by atoms with Crippen molar-refractivity contribution < 1.29 is 32.0 Å². The number of urea groups is 1. The van der Waals surface area contributed by atoms with Gasteiger partial charge in [-0.05, 0) is 29.8 Å². The number of ether oxygens (including phenoxy) is 1. The second kappa shape index (κ2) is 8.99. The zero-order chi connectivity index (χ0) is 19.9. The molecule has 0 aliphatic heterocycles. The molecule has 0 bridgehead atoms. The molecule has 1 heterocycles. The smallest absolute Gasteiger partial charge is 0.338 e. The van der Waals surface area contributed by atoms with Crippen LogP contribution in [0, 0.1) is 0 Å². The number of rotatable bonds is 7. The SMILES string of the molecule is CS(=O)(=O)Cc1cccc(C(=O)OCC(=O)NC(=O)NCc2ccco2)c1. The minimum Gasteiger partial charge on any atom is -0.467 e. The molecule has 0 saturated carbocycles. The number of benzene rings is 1. The summed E-state index contributed by atoms with van der Waals surface area (Å²) in [5, 5.41) is 4.41. The van der Waals surface area contributed by atoms with E-state index in [1.54, 1.807) is 18.2 Å². The summed E-state index contributed by atoms with van der Waals surface area (Å²) >= 11 is 0. The van der Waals surface area contributed by atoms with Crippen LogP contribution in [-0.4, -0.2) is 39.2 Å². The average Bonchev–Trinajstić information content (AvgIpc) is 3.10. The van der Waals surface area contributed by atoms with E-state index in [2.05, 4.69) is 5.32 Å². The zero-order valence-electron chi connectivity index (χ0n) is 14.4. The summed E-state index contributed by atoms with van der Waals surface area (Å²) in [5.41, 5.74) is 0.528. The number of furan rings is 1. The highest BCUT2D eigenvalue weighted by Gasteiger charge is 2.14. The van der Waals surface area contributed by atoms with Crippen LogP contribution in [0.1, 0.15) is 21.7 Å². The molecule has 0 radical (unpaired) electrons. The topological polar surface area (TPSA) is 132 Å². The van der Waals surface area contributed by atoms with Crippen LogP contribution in [0.25, 0.3) is 0 Å². The van der Waals surface area contributed by atoms with Gasteiger partial charge in [0.15, 0.2) is 16.4 Å². The Balaban J connectivity index is 1.79. The number of sulfone groups is 1. The van der Waals surface area contributed by atoms with E-state index in [4.69, 9.17) is 9.15 Å². The van der Waals surface area contributed by atoms with Crippen LogP contribution in [0.2, 0.25) is 0 Å². The Morgan fingerprint density at radius 1 is 1.15 bits per heavy atom. The van der Waals surface area contributed by atoms with E-state index in [-0.39, 0.29) is 17.9 Å². The number of amides is 3. The molecule has 27 heavy (non-hydrogen) atoms. The first-order valence-corrected chi connectivity index (χ1v) is 9.83. The van der Waals surface area contributed by atoms with Gasteiger partial charge in [0.25, 0.3) is 5.91 Å². The Morgan fingerprint density at radius 3 is 2.59 bits per heavy atom. The molecule has 144 valence electrons. The van der Waals surface area contributed by atoms with Gasteiger partial charge in [0.05, 0.1) is 24.1 Å². The highest BCUT2D eigenvalue weighted by atomic mass is 32.2. The molecule has 10 heteroatoms. The summed E-state index contributed by atoms with van der Waals surface area (Å²) in [6.45, 7) is -0.567. The maximum atomic E-state index is 12.0. The molecule has 0 aliphatic rings. The lowest BCUT2D eigenvalue weighted by Crippen LogP contribution is -2.41. The molecular weight excluding hydrogens is 376 g/mol. The quantitative estimate of drug-likeness (QED) is 0.670. The van der Waals surface area contributed by atoms with Crippen molar-refractivity contribution in [1.82, 2.24) is 10.6 Å². The van der Waals surface area contributed by atoms with Crippen molar-refractivity contribution in [3.05, 3.63) is 59.5 Å². The first-order chi connectivity index (χ1) is 12.7. The number of nitrogens with one attached hydrogen (secondary N) is 2. The van der Waals surface area contributed by atoms with Crippen LogP contribution < -0.4 is 10.6 Å². The van der Waals surface area contributed by atoms with Crippen molar-refractivity contribution in [1.29, 1.82) is 0 Å². The van der Waals surface area contributed by atoms with Crippen molar-refractivity contribution >= 4 is 27.7 Å². The number of imide groups is 1. The monoisotopic (exact) mass is 394 g/mol. The van der Waals surface area contributed by atoms with Crippen molar-refractivity contribution in [3.63, 3.8) is 0 Å². The first-order valence-electron chi connectivity index (χ1n) is 7.77. The molecule has 2 aromatic rings. The normalized spacial score (nSPS) is 10.9. The lowest BCUT2D eigenvalue weighted by molar-refractivity contribution is -0.123. The van der Waals surface area contributed by atoms with Crippen LogP contribution in [0.5, 0.6) is 0 Å². The molecule has 2 N–H and O–H groups in total. The molecule has 1 aromatic carbocycles. The Bertz CT molecular complexity index is 921. The van der Waals surface area contributed by atoms with E-state index in [9.17, 15) is 22.8 Å². The van der Waals surface area contributed by atoms with Crippen LogP contribution in [0.15, 0.2) is 47.1 Å². The predicted octanol–water partition coefficient (Wildman–Crippen LogP) is 1.01. The Hall–Kier alpha value is -3.14. The summed E-state index contributed by atoms with van der Waals surface area (Å²) in [6, 6.07) is 8.43. The summed E-state index contributed by atoms with van der Waals surface area (Å²) in [4.78, 5) is 35.2. The van der Waals surface area contributed by atoms with Gasteiger partial charge in [0, 0.05) is 6.26 Å². The third-order valence-electron chi connectivity index (χ3n) is 3.18. The third kappa shape index (κ3) is 7.32. The molecule has 0 unspecified atom stereocenters. The standard InChI is InChI=1S/C17H18N2O7S/c1-27(23,24)11-12-4-2-5-13(8-12)16(21)26-10-15(20)19-17(22)18-9-14-6-3-7-25-14/h2-8H,9-11H2,1H3,(H2,18,19,20,22). The van der Waals surface area contributed by atoms with Crippen LogP contribution >= 0.6 is 0 Å². The van der Waals surface area contributed by atoms with E-state index in [1.165, 1.54) is 24.5 Å². The maximum Gasteiger partial charge on any atom is 0.338 e. The number of carbonyl (C=O) groups is 3. The van der Waals surface area contributed by atoms with E-state index in [1.807, 2.05) is 5.32 Å². The van der Waals surface area contributed by atoms with Crippen LogP contribution in [-0.2, 0) is 31.7 Å². The highest BCUT2D eigenvalue weighted by Crippen LogP contribution is 2.10. The van der Waals surface area contributed by atoms with Crippen molar-refractivity contribution in [3.8, 4) is 0 Å². The number of esters is 1. The summed E-state index contributed by atoms with van der Waals surface area (Å²) in [6.07, 6.45) is 2.53. The molecule has 0 saturated heterocycles. The third-order valence-corrected chi connectivity index (χ3v) is 4.04. The molecule has 2 rings (SSSR count). The van der Waals surface area contributed by atoms with Crippen molar-refractivity contribution in [2.45, 2.75) is 12.3 Å². The minimum atomic E-state index is -3.25. The maximum absolute atomic E-state index is 12.0. The van der Waals surface area contributed by atoms with Gasteiger partial charge >= 0.3 is 12.0 Å². The summed E-state index contributed by atoms with van der Waals surface area (Å²) in [5.74, 6) is -1.33. The van der Waals surface area contributed by atoms with E-state index < -0.39 is 34.4 Å². The Morgan fingerprint density at radius 2 is 1.93 bits per heavy atom. The summed E-state index contributed by atoms with van der Waals surface area (Å²) < 4.78 is 32.5. The lowest BCUT2D eigenvalue weighted by atomic mass is 10.1. The summed E-state index contributed by atoms with van der Waals surface area (Å²) in [7, 11) is -3.25. The number of carbonyl (C=O) groups excluding carboxylic acids is 3. The molecular formula is C17H18N2O7S. The Kier molecular flexibility index (Phi) is 6.72. The molecule has 3 amide bonds. The largest absolute Gasteiger partial charge is 0.467 e. The fourth-order valence-electron chi connectivity index (χ4n) is 2.09. The van der Waals surface area contributed by atoms with Gasteiger partial charge in [-0.15, -0.1) is 0 Å². The van der Waals surface area contributed by atoms with Crippen molar-refractivity contribution in [2.24, 2.45) is 0 Å². The van der Waals surface area contributed by atoms with Gasteiger partial charge in [0.2, 0.25) is 0 Å². The van der Waals surface area contributed by atoms with Crippen molar-refractivity contribution in [2.75, 3.05) is 12.9 Å². The van der Waals surface area contributed by atoms with E-state index >= 15 is 0 Å². The van der Waals surface area contributed by atoms with Gasteiger partial charge in [-0.1, -0.05) is 12.1 Å². The Labute approximate surface area is 155 Å². The van der Waals surface area contributed by atoms with Crippen LogP contribution in [0.3, 0.4) is 0 Å². The molecule has 1 aromatic heterocycles. The molecule has 9 nitrogen and oxygen atoms in total. The second-order valence-electron chi connectivity index (χ2n) is 5.66. The molecule has 0 spiro atoms.